The minimum Gasteiger partial charge on any atom is -0.509 e. The lowest BCUT2D eigenvalue weighted by Crippen LogP contribution is -2.17. The molecule has 0 bridgehead atoms. The smallest absolute Gasteiger partial charge is 0.130 e. The normalized spacial score (nSPS) is 26.5. The molecule has 0 amide bonds. The molecule has 2 heteroatoms. The van der Waals surface area contributed by atoms with E-state index in [2.05, 4.69) is 20.8 Å². The number of allylic oxidation sites excluding steroid dienone is 2. The van der Waals surface area contributed by atoms with Gasteiger partial charge in [-0.3, -0.25) is 0 Å². The summed E-state index contributed by atoms with van der Waals surface area (Å²) in [5.41, 5.74) is 0. The van der Waals surface area contributed by atoms with Gasteiger partial charge in [-0.25, -0.2) is 0 Å². The Morgan fingerprint density at radius 2 is 1.87 bits per heavy atom. The van der Waals surface area contributed by atoms with Crippen molar-refractivity contribution in [2.75, 3.05) is 0 Å². The second-order valence-corrected chi connectivity index (χ2v) is 5.10. The second kappa shape index (κ2) is 5.43. The van der Waals surface area contributed by atoms with Crippen LogP contribution in [0, 0.1) is 17.8 Å². The lowest BCUT2D eigenvalue weighted by molar-refractivity contribution is 0.210. The van der Waals surface area contributed by atoms with E-state index in [1.807, 2.05) is 0 Å². The predicted octanol–water partition coefficient (Wildman–Crippen LogP) is 4.19. The molecule has 0 fully saturated rings. The van der Waals surface area contributed by atoms with Crippen LogP contribution in [0.4, 0.5) is 0 Å². The van der Waals surface area contributed by atoms with E-state index in [9.17, 15) is 10.2 Å². The van der Waals surface area contributed by atoms with Gasteiger partial charge in [0.1, 0.15) is 11.5 Å². The highest BCUT2D eigenvalue weighted by Crippen LogP contribution is 2.33. The summed E-state index contributed by atoms with van der Waals surface area (Å²) in [6.07, 6.45) is 4.75. The van der Waals surface area contributed by atoms with Crippen molar-refractivity contribution >= 4 is 0 Å². The maximum atomic E-state index is 9.49. The van der Waals surface area contributed by atoms with Crippen LogP contribution in [-0.2, 0) is 0 Å². The summed E-state index contributed by atoms with van der Waals surface area (Å²) >= 11 is 0. The van der Waals surface area contributed by atoms with E-state index in [0.717, 1.165) is 12.3 Å². The van der Waals surface area contributed by atoms with E-state index in [4.69, 9.17) is 0 Å². The average Bonchev–Trinajstić information content (AvgIpc) is 2.22. The second-order valence-electron chi connectivity index (χ2n) is 5.10. The van der Waals surface area contributed by atoms with Crippen molar-refractivity contribution in [3.8, 4) is 0 Å². The standard InChI is InChI=1S/C13H24O2/c1-4-9(2)10(3)7-11-5-6-12(14)13(15)8-11/h9-11,14-15H,4-8H2,1-3H3. The molecule has 0 heterocycles. The van der Waals surface area contributed by atoms with Gasteiger partial charge in [0.25, 0.3) is 0 Å². The Labute approximate surface area is 93.0 Å². The topological polar surface area (TPSA) is 40.5 Å². The van der Waals surface area contributed by atoms with Gasteiger partial charge in [-0.15, -0.1) is 0 Å². The van der Waals surface area contributed by atoms with E-state index < -0.39 is 0 Å². The molecule has 3 atom stereocenters. The van der Waals surface area contributed by atoms with E-state index in [-0.39, 0.29) is 11.5 Å². The van der Waals surface area contributed by atoms with Gasteiger partial charge >= 0.3 is 0 Å². The summed E-state index contributed by atoms with van der Waals surface area (Å²) < 4.78 is 0. The Morgan fingerprint density at radius 3 is 2.40 bits per heavy atom. The fraction of sp³-hybridized carbons (Fsp3) is 0.846. The molecule has 2 N–H and O–H groups in total. The highest BCUT2D eigenvalue weighted by Gasteiger charge is 2.23. The Morgan fingerprint density at radius 1 is 1.20 bits per heavy atom. The molecule has 15 heavy (non-hydrogen) atoms. The van der Waals surface area contributed by atoms with Crippen molar-refractivity contribution in [3.63, 3.8) is 0 Å². The molecule has 0 radical (unpaired) electrons. The molecule has 0 aliphatic heterocycles. The molecule has 3 unspecified atom stereocenters. The van der Waals surface area contributed by atoms with Gasteiger partial charge < -0.3 is 10.2 Å². The molecule has 0 spiro atoms. The predicted molar refractivity (Wildman–Crippen MR) is 62.9 cm³/mol. The van der Waals surface area contributed by atoms with Gasteiger partial charge in [-0.2, -0.15) is 0 Å². The molecule has 88 valence electrons. The van der Waals surface area contributed by atoms with Gasteiger partial charge in [0.2, 0.25) is 0 Å². The number of hydrogen-bond donors (Lipinski definition) is 2. The molecule has 1 aliphatic rings. The SMILES string of the molecule is CCC(C)C(C)CC1CCC(O)=C(O)C1. The Balaban J connectivity index is 2.41. The summed E-state index contributed by atoms with van der Waals surface area (Å²) in [5, 5.41) is 18.8. The Kier molecular flexibility index (Phi) is 4.49. The van der Waals surface area contributed by atoms with Crippen LogP contribution in [0.15, 0.2) is 11.5 Å². The highest BCUT2D eigenvalue weighted by atomic mass is 16.3. The molecule has 0 aromatic rings. The van der Waals surface area contributed by atoms with E-state index in [1.165, 1.54) is 12.8 Å². The van der Waals surface area contributed by atoms with Crippen molar-refractivity contribution in [2.45, 2.75) is 52.9 Å². The minimum atomic E-state index is 0.211. The van der Waals surface area contributed by atoms with E-state index in [1.54, 1.807) is 0 Å². The average molecular weight is 212 g/mol. The zero-order valence-electron chi connectivity index (χ0n) is 10.2. The summed E-state index contributed by atoms with van der Waals surface area (Å²) in [4.78, 5) is 0. The largest absolute Gasteiger partial charge is 0.509 e. The molecule has 0 saturated carbocycles. The van der Waals surface area contributed by atoms with Crippen LogP contribution in [0.3, 0.4) is 0 Å². The number of aliphatic hydroxyl groups excluding tert-OH is 2. The van der Waals surface area contributed by atoms with Crippen LogP contribution in [0.2, 0.25) is 0 Å². The van der Waals surface area contributed by atoms with Crippen molar-refractivity contribution in [2.24, 2.45) is 17.8 Å². The van der Waals surface area contributed by atoms with Gasteiger partial charge in [0, 0.05) is 12.8 Å². The molecule has 1 aliphatic carbocycles. The zero-order valence-corrected chi connectivity index (χ0v) is 10.2. The lowest BCUT2D eigenvalue weighted by Gasteiger charge is -2.27. The fourth-order valence-electron chi connectivity index (χ4n) is 2.34. The van der Waals surface area contributed by atoms with Crippen LogP contribution in [0.25, 0.3) is 0 Å². The molecular weight excluding hydrogens is 188 g/mol. The maximum Gasteiger partial charge on any atom is 0.130 e. The van der Waals surface area contributed by atoms with Gasteiger partial charge in [-0.1, -0.05) is 27.2 Å². The first-order valence-electron chi connectivity index (χ1n) is 6.14. The molecule has 0 aromatic heterocycles. The van der Waals surface area contributed by atoms with Crippen LogP contribution in [0.5, 0.6) is 0 Å². The lowest BCUT2D eigenvalue weighted by atomic mass is 9.80. The molecule has 1 rings (SSSR count). The minimum absolute atomic E-state index is 0.211. The molecule has 0 saturated heterocycles. The quantitative estimate of drug-likeness (QED) is 0.733. The van der Waals surface area contributed by atoms with Gasteiger partial charge in [0.05, 0.1) is 0 Å². The first-order valence-corrected chi connectivity index (χ1v) is 6.14. The third kappa shape index (κ3) is 3.44. The summed E-state index contributed by atoms with van der Waals surface area (Å²) in [7, 11) is 0. The van der Waals surface area contributed by atoms with Gasteiger partial charge in [-0.05, 0) is 30.6 Å². The number of aliphatic hydroxyl groups is 2. The van der Waals surface area contributed by atoms with E-state index >= 15 is 0 Å². The van der Waals surface area contributed by atoms with Crippen molar-refractivity contribution < 1.29 is 10.2 Å². The first kappa shape index (κ1) is 12.4. The third-order valence-corrected chi connectivity index (χ3v) is 3.93. The van der Waals surface area contributed by atoms with Gasteiger partial charge in [0.15, 0.2) is 0 Å². The molecular formula is C13H24O2. The zero-order chi connectivity index (χ0) is 11.4. The van der Waals surface area contributed by atoms with Crippen molar-refractivity contribution in [1.29, 1.82) is 0 Å². The molecule has 2 nitrogen and oxygen atoms in total. The van der Waals surface area contributed by atoms with Crippen molar-refractivity contribution in [1.82, 2.24) is 0 Å². The monoisotopic (exact) mass is 212 g/mol. The highest BCUT2D eigenvalue weighted by molar-refractivity contribution is 5.04. The Hall–Kier alpha value is -0.660. The van der Waals surface area contributed by atoms with Crippen LogP contribution < -0.4 is 0 Å². The first-order chi connectivity index (χ1) is 7.04. The fourth-order valence-corrected chi connectivity index (χ4v) is 2.34. The number of hydrogen-bond acceptors (Lipinski definition) is 2. The Bertz CT molecular complexity index is 233. The summed E-state index contributed by atoms with van der Waals surface area (Å²) in [6, 6.07) is 0. The molecule has 0 aromatic carbocycles. The van der Waals surface area contributed by atoms with Crippen LogP contribution >= 0.6 is 0 Å². The summed E-state index contributed by atoms with van der Waals surface area (Å²) in [5.74, 6) is 2.47. The third-order valence-electron chi connectivity index (χ3n) is 3.93. The maximum absolute atomic E-state index is 9.49. The summed E-state index contributed by atoms with van der Waals surface area (Å²) in [6.45, 7) is 6.81. The van der Waals surface area contributed by atoms with Crippen LogP contribution in [-0.4, -0.2) is 10.2 Å². The number of rotatable bonds is 4. The van der Waals surface area contributed by atoms with E-state index in [0.29, 0.717) is 24.7 Å². The van der Waals surface area contributed by atoms with Crippen LogP contribution in [0.1, 0.15) is 52.9 Å². The van der Waals surface area contributed by atoms with Crippen molar-refractivity contribution in [3.05, 3.63) is 11.5 Å².